The highest BCUT2D eigenvalue weighted by atomic mass is 19.3. The smallest absolute Gasteiger partial charge is 0.240 e. The van der Waals surface area contributed by atoms with Gasteiger partial charge in [0.1, 0.15) is 5.52 Å². The highest BCUT2D eigenvalue weighted by Crippen LogP contribution is 2.60. The number of pyridine rings is 1. The van der Waals surface area contributed by atoms with Gasteiger partial charge in [0.25, 0.3) is 0 Å². The summed E-state index contributed by atoms with van der Waals surface area (Å²) in [4.78, 5) is 13.4. The lowest BCUT2D eigenvalue weighted by atomic mass is 9.87. The van der Waals surface area contributed by atoms with Crippen molar-refractivity contribution in [2.75, 3.05) is 18.1 Å². The molecule has 4 heterocycles. The summed E-state index contributed by atoms with van der Waals surface area (Å²) < 4.78 is 42.0. The van der Waals surface area contributed by atoms with Crippen molar-refractivity contribution in [2.24, 2.45) is 16.3 Å². The van der Waals surface area contributed by atoms with Crippen LogP contribution in [0.25, 0.3) is 16.8 Å². The first-order chi connectivity index (χ1) is 14.3. The van der Waals surface area contributed by atoms with Crippen LogP contribution in [0.15, 0.2) is 23.3 Å². The van der Waals surface area contributed by atoms with Crippen molar-refractivity contribution >= 4 is 28.7 Å². The molecule has 30 heavy (non-hydrogen) atoms. The quantitative estimate of drug-likeness (QED) is 0.675. The maximum absolute atomic E-state index is 14.9. The van der Waals surface area contributed by atoms with Crippen LogP contribution in [0, 0.1) is 17.2 Å². The normalized spacial score (nSPS) is 22.5. The molecular formula is C20H20F3N7. The standard InChI is InChI=1S/C20H20F3N7/c1-9-20(6-10(20)5-15(22)23)7-14-12(26-9)3-4-13(27-14)16-11(21)8-30-17(16)18(25-2)28-19(24)29-30/h3-4,8,10,15H,5-7H2,1-2H3,(H3,24,25,28,29). The van der Waals surface area contributed by atoms with Gasteiger partial charge in [0, 0.05) is 31.0 Å². The molecule has 1 saturated carbocycles. The first-order valence-corrected chi connectivity index (χ1v) is 9.68. The van der Waals surface area contributed by atoms with Crippen molar-refractivity contribution in [2.45, 2.75) is 32.6 Å². The molecular weight excluding hydrogens is 395 g/mol. The molecule has 3 N–H and O–H groups in total. The van der Waals surface area contributed by atoms with Crippen molar-refractivity contribution in [1.82, 2.24) is 19.6 Å². The average molecular weight is 415 g/mol. The number of nitrogens with zero attached hydrogens (tertiary/aromatic N) is 5. The Kier molecular flexibility index (Phi) is 4.03. The minimum absolute atomic E-state index is 0.0114. The molecule has 3 aromatic rings. The van der Waals surface area contributed by atoms with Crippen LogP contribution >= 0.6 is 0 Å². The van der Waals surface area contributed by atoms with E-state index in [2.05, 4.69) is 25.4 Å². The lowest BCUT2D eigenvalue weighted by molar-refractivity contribution is 0.126. The Bertz CT molecular complexity index is 1200. The average Bonchev–Trinajstić information content (AvgIpc) is 3.23. The van der Waals surface area contributed by atoms with Gasteiger partial charge in [-0.15, -0.1) is 5.10 Å². The molecule has 0 saturated heterocycles. The van der Waals surface area contributed by atoms with Crippen LogP contribution in [0.1, 0.15) is 25.5 Å². The zero-order valence-corrected chi connectivity index (χ0v) is 16.5. The molecule has 5 rings (SSSR count). The van der Waals surface area contributed by atoms with Crippen molar-refractivity contribution in [1.29, 1.82) is 0 Å². The summed E-state index contributed by atoms with van der Waals surface area (Å²) in [7, 11) is 1.66. The minimum atomic E-state index is -2.34. The van der Waals surface area contributed by atoms with E-state index in [1.165, 1.54) is 10.7 Å². The molecule has 1 spiro atoms. The molecule has 1 aliphatic heterocycles. The SMILES string of the molecule is CNc1nc(N)nn2cc(F)c(-c3ccc4c(n3)CC3(CC3CC(F)F)C(C)=N4)c12. The Morgan fingerprint density at radius 2 is 2.13 bits per heavy atom. The van der Waals surface area contributed by atoms with E-state index in [0.717, 1.165) is 5.71 Å². The molecule has 0 aromatic carbocycles. The number of aliphatic imine (C=N–C) groups is 1. The fourth-order valence-electron chi connectivity index (χ4n) is 4.64. The van der Waals surface area contributed by atoms with Crippen LogP contribution in [0.5, 0.6) is 0 Å². The monoisotopic (exact) mass is 415 g/mol. The van der Waals surface area contributed by atoms with E-state index >= 15 is 0 Å². The van der Waals surface area contributed by atoms with Crippen LogP contribution < -0.4 is 11.1 Å². The van der Waals surface area contributed by atoms with Gasteiger partial charge in [0.05, 0.1) is 28.8 Å². The summed E-state index contributed by atoms with van der Waals surface area (Å²) in [6.45, 7) is 1.89. The van der Waals surface area contributed by atoms with E-state index in [-0.39, 0.29) is 29.3 Å². The Labute approximate surface area is 170 Å². The van der Waals surface area contributed by atoms with E-state index in [1.54, 1.807) is 19.2 Å². The van der Waals surface area contributed by atoms with E-state index < -0.39 is 12.2 Å². The maximum Gasteiger partial charge on any atom is 0.240 e. The second-order valence-electron chi connectivity index (χ2n) is 7.93. The molecule has 0 radical (unpaired) electrons. The van der Waals surface area contributed by atoms with Gasteiger partial charge >= 0.3 is 0 Å². The lowest BCUT2D eigenvalue weighted by Gasteiger charge is -2.24. The molecule has 1 aliphatic carbocycles. The molecule has 0 bridgehead atoms. The van der Waals surface area contributed by atoms with Gasteiger partial charge < -0.3 is 11.1 Å². The largest absolute Gasteiger partial charge is 0.371 e. The molecule has 7 nitrogen and oxygen atoms in total. The number of aromatic nitrogens is 4. The van der Waals surface area contributed by atoms with Crippen LogP contribution in [0.2, 0.25) is 0 Å². The van der Waals surface area contributed by atoms with Crippen molar-refractivity contribution in [3.63, 3.8) is 0 Å². The van der Waals surface area contributed by atoms with Gasteiger partial charge in [-0.05, 0) is 31.4 Å². The summed E-state index contributed by atoms with van der Waals surface area (Å²) in [5.41, 5.74) is 8.68. The fraction of sp³-hybridized carbons (Fsp3) is 0.400. The Balaban J connectivity index is 1.60. The topological polar surface area (TPSA) is 93.5 Å². The van der Waals surface area contributed by atoms with Gasteiger partial charge in [-0.25, -0.2) is 17.7 Å². The first kappa shape index (κ1) is 18.8. The fourth-order valence-corrected chi connectivity index (χ4v) is 4.64. The molecule has 2 aliphatic rings. The van der Waals surface area contributed by atoms with Gasteiger partial charge in [-0.3, -0.25) is 9.98 Å². The zero-order chi connectivity index (χ0) is 21.2. The maximum atomic E-state index is 14.9. The molecule has 156 valence electrons. The highest BCUT2D eigenvalue weighted by molar-refractivity contribution is 5.95. The lowest BCUT2D eigenvalue weighted by Crippen LogP contribution is -2.23. The summed E-state index contributed by atoms with van der Waals surface area (Å²) in [5, 5.41) is 6.95. The second kappa shape index (κ2) is 6.41. The number of alkyl halides is 2. The number of nitrogens with one attached hydrogen (secondary N) is 1. The van der Waals surface area contributed by atoms with Crippen LogP contribution in [-0.4, -0.2) is 38.8 Å². The summed E-state index contributed by atoms with van der Waals surface area (Å²) in [6, 6.07) is 3.49. The number of halogens is 3. The third-order valence-corrected chi connectivity index (χ3v) is 6.23. The number of hydrogen-bond acceptors (Lipinski definition) is 6. The van der Waals surface area contributed by atoms with E-state index in [0.29, 0.717) is 41.3 Å². The number of hydrogen-bond donors (Lipinski definition) is 2. The number of anilines is 2. The van der Waals surface area contributed by atoms with E-state index in [9.17, 15) is 13.2 Å². The Morgan fingerprint density at radius 1 is 1.33 bits per heavy atom. The van der Waals surface area contributed by atoms with Crippen LogP contribution in [0.4, 0.5) is 30.6 Å². The number of nitrogen functional groups attached to an aromatic ring is 1. The molecule has 2 atom stereocenters. The zero-order valence-electron chi connectivity index (χ0n) is 16.5. The summed E-state index contributed by atoms with van der Waals surface area (Å²) >= 11 is 0. The van der Waals surface area contributed by atoms with Gasteiger partial charge in [0.15, 0.2) is 11.6 Å². The highest BCUT2D eigenvalue weighted by Gasteiger charge is 2.58. The molecule has 1 fully saturated rings. The van der Waals surface area contributed by atoms with Gasteiger partial charge in [-0.1, -0.05) is 0 Å². The summed E-state index contributed by atoms with van der Waals surface area (Å²) in [6.07, 6.45) is -0.0343. The van der Waals surface area contributed by atoms with E-state index in [4.69, 9.17) is 5.73 Å². The van der Waals surface area contributed by atoms with Crippen molar-refractivity contribution in [3.8, 4) is 11.3 Å². The first-order valence-electron chi connectivity index (χ1n) is 9.68. The van der Waals surface area contributed by atoms with Crippen LogP contribution in [0.3, 0.4) is 0 Å². The van der Waals surface area contributed by atoms with Crippen LogP contribution in [-0.2, 0) is 6.42 Å². The molecule has 10 heteroatoms. The molecule has 3 aromatic heterocycles. The molecule has 0 amide bonds. The van der Waals surface area contributed by atoms with Crippen molar-refractivity contribution in [3.05, 3.63) is 29.8 Å². The van der Waals surface area contributed by atoms with Crippen molar-refractivity contribution < 1.29 is 13.2 Å². The number of nitrogens with two attached hydrogens (primary N) is 1. The third-order valence-electron chi connectivity index (χ3n) is 6.23. The Morgan fingerprint density at radius 3 is 2.87 bits per heavy atom. The van der Waals surface area contributed by atoms with E-state index in [1.807, 2.05) is 6.92 Å². The minimum Gasteiger partial charge on any atom is -0.371 e. The van der Waals surface area contributed by atoms with Gasteiger partial charge in [-0.2, -0.15) is 4.98 Å². The number of rotatable bonds is 4. The number of fused-ring (bicyclic) bond motifs is 2. The van der Waals surface area contributed by atoms with Gasteiger partial charge in [0.2, 0.25) is 12.4 Å². The Hall–Kier alpha value is -3.17. The predicted molar refractivity (Wildman–Crippen MR) is 108 cm³/mol. The third kappa shape index (κ3) is 2.73. The molecule has 2 unspecified atom stereocenters. The summed E-state index contributed by atoms with van der Waals surface area (Å²) in [5.74, 6) is -0.215. The second-order valence-corrected chi connectivity index (χ2v) is 7.93. The predicted octanol–water partition coefficient (Wildman–Crippen LogP) is 3.86.